The number of carbonyl (C=O) groups is 1. The van der Waals surface area contributed by atoms with E-state index in [0.717, 1.165) is 30.1 Å². The standard InChI is InChI=1S/C20H24N4O3/c1-15-13-24(14-16-5-2-3-7-18(16)27-15)20(25)22-19-17(6-4-8-21-19)23-9-11-26-12-10-23/h2-8,15H,9-14H2,1H3,(H,21,22,25). The maximum Gasteiger partial charge on any atom is 0.323 e. The summed E-state index contributed by atoms with van der Waals surface area (Å²) in [6.45, 7) is 5.93. The molecule has 1 aromatic heterocycles. The highest BCUT2D eigenvalue weighted by molar-refractivity contribution is 5.91. The van der Waals surface area contributed by atoms with Crippen LogP contribution in [0.5, 0.6) is 5.75 Å². The molecule has 2 aliphatic heterocycles. The van der Waals surface area contributed by atoms with Gasteiger partial charge in [0.05, 0.1) is 32.0 Å². The maximum atomic E-state index is 13.0. The molecule has 0 radical (unpaired) electrons. The Bertz CT molecular complexity index is 807. The molecule has 142 valence electrons. The van der Waals surface area contributed by atoms with Crippen LogP contribution in [0.25, 0.3) is 0 Å². The molecule has 0 bridgehead atoms. The summed E-state index contributed by atoms with van der Waals surface area (Å²) in [4.78, 5) is 21.4. The first-order chi connectivity index (χ1) is 13.2. The molecule has 2 aromatic rings. The Hall–Kier alpha value is -2.80. The number of fused-ring (bicyclic) bond motifs is 1. The van der Waals surface area contributed by atoms with E-state index >= 15 is 0 Å². The first-order valence-electron chi connectivity index (χ1n) is 9.29. The minimum Gasteiger partial charge on any atom is -0.489 e. The lowest BCUT2D eigenvalue weighted by atomic mass is 10.2. The van der Waals surface area contributed by atoms with E-state index in [4.69, 9.17) is 9.47 Å². The quantitative estimate of drug-likeness (QED) is 0.883. The van der Waals surface area contributed by atoms with Gasteiger partial charge < -0.3 is 19.3 Å². The third kappa shape index (κ3) is 3.98. The Kier molecular flexibility index (Phi) is 5.11. The van der Waals surface area contributed by atoms with E-state index in [1.807, 2.05) is 43.3 Å². The molecule has 2 aliphatic rings. The normalized spacial score (nSPS) is 19.7. The molecule has 4 rings (SSSR count). The van der Waals surface area contributed by atoms with Gasteiger partial charge in [0.25, 0.3) is 0 Å². The number of nitrogens with zero attached hydrogens (tertiary/aromatic N) is 3. The van der Waals surface area contributed by atoms with Crippen molar-refractivity contribution in [3.8, 4) is 5.75 Å². The molecule has 0 aliphatic carbocycles. The Labute approximate surface area is 158 Å². The van der Waals surface area contributed by atoms with Crippen LogP contribution in [0.4, 0.5) is 16.3 Å². The number of urea groups is 1. The van der Waals surface area contributed by atoms with Crippen molar-refractivity contribution in [3.05, 3.63) is 48.2 Å². The van der Waals surface area contributed by atoms with E-state index in [9.17, 15) is 4.79 Å². The Morgan fingerprint density at radius 2 is 2.00 bits per heavy atom. The SMILES string of the molecule is CC1CN(C(=O)Nc2ncccc2N2CCOCC2)Cc2ccccc2O1. The molecule has 1 N–H and O–H groups in total. The molecule has 1 saturated heterocycles. The van der Waals surface area contributed by atoms with Crippen molar-refractivity contribution in [2.75, 3.05) is 43.1 Å². The van der Waals surface area contributed by atoms with Crippen LogP contribution < -0.4 is 15.0 Å². The van der Waals surface area contributed by atoms with Gasteiger partial charge >= 0.3 is 6.03 Å². The summed E-state index contributed by atoms with van der Waals surface area (Å²) in [7, 11) is 0. The molecule has 0 saturated carbocycles. The van der Waals surface area contributed by atoms with Crippen molar-refractivity contribution in [2.24, 2.45) is 0 Å². The number of benzene rings is 1. The number of rotatable bonds is 2. The molecular formula is C20H24N4O3. The van der Waals surface area contributed by atoms with E-state index in [0.29, 0.717) is 32.1 Å². The molecule has 1 unspecified atom stereocenters. The number of anilines is 2. The second-order valence-electron chi connectivity index (χ2n) is 6.82. The predicted molar refractivity (Wildman–Crippen MR) is 103 cm³/mol. The van der Waals surface area contributed by atoms with Gasteiger partial charge in [-0.3, -0.25) is 5.32 Å². The Morgan fingerprint density at radius 3 is 2.85 bits per heavy atom. The fourth-order valence-electron chi connectivity index (χ4n) is 3.47. The average Bonchev–Trinajstić information content (AvgIpc) is 2.87. The molecule has 27 heavy (non-hydrogen) atoms. The van der Waals surface area contributed by atoms with Crippen molar-refractivity contribution in [2.45, 2.75) is 19.6 Å². The number of hydrogen-bond donors (Lipinski definition) is 1. The highest BCUT2D eigenvalue weighted by Gasteiger charge is 2.25. The van der Waals surface area contributed by atoms with Crippen LogP contribution in [0.2, 0.25) is 0 Å². The summed E-state index contributed by atoms with van der Waals surface area (Å²) >= 11 is 0. The van der Waals surface area contributed by atoms with Gasteiger partial charge in [-0.05, 0) is 25.1 Å². The predicted octanol–water partition coefficient (Wildman–Crippen LogP) is 2.73. The van der Waals surface area contributed by atoms with E-state index in [1.165, 1.54) is 0 Å². The molecule has 0 spiro atoms. The lowest BCUT2D eigenvalue weighted by molar-refractivity contribution is 0.122. The molecule has 1 atom stereocenters. The van der Waals surface area contributed by atoms with Crippen LogP contribution in [0, 0.1) is 0 Å². The number of aromatic nitrogens is 1. The van der Waals surface area contributed by atoms with Crippen LogP contribution >= 0.6 is 0 Å². The number of morpholine rings is 1. The third-order valence-corrected chi connectivity index (χ3v) is 4.79. The molecular weight excluding hydrogens is 344 g/mol. The van der Waals surface area contributed by atoms with Gasteiger partial charge in [-0.1, -0.05) is 18.2 Å². The fourth-order valence-corrected chi connectivity index (χ4v) is 3.47. The van der Waals surface area contributed by atoms with Gasteiger partial charge in [-0.25, -0.2) is 9.78 Å². The second kappa shape index (κ2) is 7.84. The van der Waals surface area contributed by atoms with E-state index in [2.05, 4.69) is 15.2 Å². The summed E-state index contributed by atoms with van der Waals surface area (Å²) in [5.74, 6) is 1.42. The van der Waals surface area contributed by atoms with Crippen molar-refractivity contribution >= 4 is 17.5 Å². The molecule has 7 nitrogen and oxygen atoms in total. The van der Waals surface area contributed by atoms with Crippen LogP contribution in [-0.2, 0) is 11.3 Å². The monoisotopic (exact) mass is 368 g/mol. The molecule has 1 fully saturated rings. The van der Waals surface area contributed by atoms with E-state index in [-0.39, 0.29) is 12.1 Å². The number of pyridine rings is 1. The summed E-state index contributed by atoms with van der Waals surface area (Å²) in [6, 6.07) is 11.6. The highest BCUT2D eigenvalue weighted by Crippen LogP contribution is 2.27. The number of carbonyl (C=O) groups excluding carboxylic acids is 1. The van der Waals surface area contributed by atoms with Crippen molar-refractivity contribution in [1.29, 1.82) is 0 Å². The zero-order valence-electron chi connectivity index (χ0n) is 15.4. The second-order valence-corrected chi connectivity index (χ2v) is 6.82. The molecule has 2 amide bonds. The number of hydrogen-bond acceptors (Lipinski definition) is 5. The maximum absolute atomic E-state index is 13.0. The number of nitrogens with one attached hydrogen (secondary N) is 1. The lowest BCUT2D eigenvalue weighted by Gasteiger charge is -2.30. The summed E-state index contributed by atoms with van der Waals surface area (Å²) in [5, 5.41) is 2.99. The van der Waals surface area contributed by atoms with Crippen molar-refractivity contribution in [1.82, 2.24) is 9.88 Å². The number of para-hydroxylation sites is 1. The van der Waals surface area contributed by atoms with Gasteiger partial charge in [0, 0.05) is 24.8 Å². The summed E-state index contributed by atoms with van der Waals surface area (Å²) < 4.78 is 11.4. The molecule has 3 heterocycles. The van der Waals surface area contributed by atoms with Crippen LogP contribution in [-0.4, -0.2) is 54.9 Å². The minimum absolute atomic E-state index is 0.0816. The third-order valence-electron chi connectivity index (χ3n) is 4.79. The smallest absolute Gasteiger partial charge is 0.323 e. The summed E-state index contributed by atoms with van der Waals surface area (Å²) in [6.07, 6.45) is 1.62. The van der Waals surface area contributed by atoms with Gasteiger partial charge in [0.2, 0.25) is 0 Å². The van der Waals surface area contributed by atoms with Gasteiger partial charge in [-0.2, -0.15) is 0 Å². The zero-order valence-corrected chi connectivity index (χ0v) is 15.4. The van der Waals surface area contributed by atoms with Crippen LogP contribution in [0.3, 0.4) is 0 Å². The van der Waals surface area contributed by atoms with Gasteiger partial charge in [0.15, 0.2) is 5.82 Å². The minimum atomic E-state index is -0.171. The topological polar surface area (TPSA) is 66.9 Å². The fraction of sp³-hybridized carbons (Fsp3) is 0.400. The average molecular weight is 368 g/mol. The van der Waals surface area contributed by atoms with Gasteiger partial charge in [-0.15, -0.1) is 0 Å². The molecule has 7 heteroatoms. The van der Waals surface area contributed by atoms with E-state index < -0.39 is 0 Å². The first-order valence-corrected chi connectivity index (χ1v) is 9.29. The molecule has 1 aromatic carbocycles. The van der Waals surface area contributed by atoms with Crippen LogP contribution in [0.15, 0.2) is 42.6 Å². The largest absolute Gasteiger partial charge is 0.489 e. The lowest BCUT2D eigenvalue weighted by Crippen LogP contribution is -2.40. The Morgan fingerprint density at radius 1 is 1.19 bits per heavy atom. The Balaban J connectivity index is 1.52. The highest BCUT2D eigenvalue weighted by atomic mass is 16.5. The first kappa shape index (κ1) is 17.6. The number of ether oxygens (including phenoxy) is 2. The van der Waals surface area contributed by atoms with Crippen molar-refractivity contribution < 1.29 is 14.3 Å². The zero-order chi connectivity index (χ0) is 18.6. The van der Waals surface area contributed by atoms with Crippen molar-refractivity contribution in [3.63, 3.8) is 0 Å². The number of amides is 2. The van der Waals surface area contributed by atoms with Crippen LogP contribution in [0.1, 0.15) is 12.5 Å². The van der Waals surface area contributed by atoms with E-state index in [1.54, 1.807) is 11.1 Å². The van der Waals surface area contributed by atoms with Gasteiger partial charge in [0.1, 0.15) is 11.9 Å². The summed E-state index contributed by atoms with van der Waals surface area (Å²) in [5.41, 5.74) is 1.93.